The van der Waals surface area contributed by atoms with E-state index in [9.17, 15) is 4.79 Å². The predicted molar refractivity (Wildman–Crippen MR) is 90.2 cm³/mol. The van der Waals surface area contributed by atoms with Crippen molar-refractivity contribution in [2.24, 2.45) is 0 Å². The number of hydrogen-bond donors (Lipinski definition) is 1. The summed E-state index contributed by atoms with van der Waals surface area (Å²) in [6, 6.07) is 13.5. The van der Waals surface area contributed by atoms with Gasteiger partial charge in [-0.2, -0.15) is 0 Å². The maximum Gasteiger partial charge on any atom is 0.227 e. The molecule has 3 aromatic rings. The Bertz CT molecular complexity index is 780. The number of nitrogens with zero attached hydrogens (tertiary/aromatic N) is 1. The number of H-pyrrole nitrogens is 1. The number of benzene rings is 2. The molecule has 0 bridgehead atoms. The minimum atomic E-state index is -0.00261. The zero-order chi connectivity index (χ0) is 14.1. The number of halogens is 1. The lowest BCUT2D eigenvalue weighted by Gasteiger charge is -1.98. The maximum atomic E-state index is 12.2. The zero-order valence-corrected chi connectivity index (χ0v) is 13.7. The topological polar surface area (TPSA) is 45.8 Å². The molecule has 1 aromatic heterocycles. The maximum absolute atomic E-state index is 12.2. The number of fused-ring (bicyclic) bond motifs is 1. The van der Waals surface area contributed by atoms with E-state index in [1.165, 1.54) is 5.56 Å². The highest BCUT2D eigenvalue weighted by Gasteiger charge is 2.11. The Morgan fingerprint density at radius 3 is 2.70 bits per heavy atom. The first-order valence-corrected chi connectivity index (χ1v) is 7.95. The standard InChI is InChI=1S/C15H11IN2OS/c1-9-2-7-12-13(8-9)18-15(17-12)20-14(19)10-3-5-11(16)6-4-10/h2-8H,1H3,(H,17,18). The Morgan fingerprint density at radius 2 is 1.95 bits per heavy atom. The summed E-state index contributed by atoms with van der Waals surface area (Å²) in [7, 11) is 0. The van der Waals surface area contributed by atoms with Gasteiger partial charge in [0.05, 0.1) is 11.0 Å². The summed E-state index contributed by atoms with van der Waals surface area (Å²) in [5, 5.41) is 0.631. The highest BCUT2D eigenvalue weighted by Crippen LogP contribution is 2.24. The molecule has 1 heterocycles. The molecule has 0 fully saturated rings. The van der Waals surface area contributed by atoms with Gasteiger partial charge in [-0.1, -0.05) is 6.07 Å². The molecule has 0 saturated carbocycles. The number of thioether (sulfide) groups is 1. The molecule has 2 aromatic carbocycles. The summed E-state index contributed by atoms with van der Waals surface area (Å²) in [6.45, 7) is 2.03. The van der Waals surface area contributed by atoms with Gasteiger partial charge in [0.2, 0.25) is 5.12 Å². The van der Waals surface area contributed by atoms with Crippen molar-refractivity contribution in [2.75, 3.05) is 0 Å². The fraction of sp³-hybridized carbons (Fsp3) is 0.0667. The third-order valence-corrected chi connectivity index (χ3v) is 4.41. The van der Waals surface area contributed by atoms with Crippen molar-refractivity contribution < 1.29 is 4.79 Å². The number of carbonyl (C=O) groups is 1. The van der Waals surface area contributed by atoms with Gasteiger partial charge in [-0.25, -0.2) is 4.98 Å². The lowest BCUT2D eigenvalue weighted by molar-refractivity contribution is 0.108. The van der Waals surface area contributed by atoms with E-state index in [1.54, 1.807) is 0 Å². The molecular weight excluding hydrogens is 383 g/mol. The third-order valence-electron chi connectivity index (χ3n) is 2.88. The normalized spacial score (nSPS) is 10.9. The van der Waals surface area contributed by atoms with E-state index in [0.717, 1.165) is 26.4 Å². The first kappa shape index (κ1) is 13.6. The molecule has 0 aliphatic rings. The summed E-state index contributed by atoms with van der Waals surface area (Å²) in [5.41, 5.74) is 3.70. The van der Waals surface area contributed by atoms with Gasteiger partial charge in [-0.05, 0) is 83.2 Å². The lowest BCUT2D eigenvalue weighted by Crippen LogP contribution is -1.93. The van der Waals surface area contributed by atoms with E-state index in [4.69, 9.17) is 0 Å². The van der Waals surface area contributed by atoms with Crippen LogP contribution in [0, 0.1) is 10.5 Å². The lowest BCUT2D eigenvalue weighted by atomic mass is 10.2. The van der Waals surface area contributed by atoms with Gasteiger partial charge in [-0.15, -0.1) is 0 Å². The molecule has 0 aliphatic carbocycles. The highest BCUT2D eigenvalue weighted by molar-refractivity contribution is 14.1. The SMILES string of the molecule is Cc1ccc2nc(SC(=O)c3ccc(I)cc3)[nH]c2c1. The number of nitrogens with one attached hydrogen (secondary N) is 1. The van der Waals surface area contributed by atoms with Crippen molar-refractivity contribution in [1.82, 2.24) is 9.97 Å². The second-order valence-corrected chi connectivity index (χ2v) is 6.67. The second kappa shape index (κ2) is 5.57. The molecule has 3 rings (SSSR count). The van der Waals surface area contributed by atoms with Crippen LogP contribution < -0.4 is 0 Å². The van der Waals surface area contributed by atoms with E-state index in [-0.39, 0.29) is 5.12 Å². The summed E-state index contributed by atoms with van der Waals surface area (Å²) >= 11 is 3.35. The van der Waals surface area contributed by atoms with Crippen LogP contribution in [0.5, 0.6) is 0 Å². The third kappa shape index (κ3) is 2.88. The first-order valence-electron chi connectivity index (χ1n) is 6.06. The molecule has 0 amide bonds. The van der Waals surface area contributed by atoms with Crippen LogP contribution in [0.15, 0.2) is 47.6 Å². The Labute approximate surface area is 134 Å². The number of rotatable bonds is 2. The average Bonchev–Trinajstić information content (AvgIpc) is 2.80. The summed E-state index contributed by atoms with van der Waals surface area (Å²) in [5.74, 6) is 0. The number of aromatic amines is 1. The van der Waals surface area contributed by atoms with Crippen molar-refractivity contribution in [3.8, 4) is 0 Å². The van der Waals surface area contributed by atoms with Crippen LogP contribution in [-0.2, 0) is 0 Å². The van der Waals surface area contributed by atoms with Gasteiger partial charge >= 0.3 is 0 Å². The summed E-state index contributed by atoms with van der Waals surface area (Å²) in [4.78, 5) is 19.8. The van der Waals surface area contributed by atoms with Gasteiger partial charge < -0.3 is 4.98 Å². The molecule has 1 N–H and O–H groups in total. The Balaban J connectivity index is 1.85. The van der Waals surface area contributed by atoms with Gasteiger partial charge in [0, 0.05) is 9.13 Å². The first-order chi connectivity index (χ1) is 9.61. The molecular formula is C15H11IN2OS. The molecule has 0 atom stereocenters. The van der Waals surface area contributed by atoms with Gasteiger partial charge in [0.1, 0.15) is 0 Å². The van der Waals surface area contributed by atoms with Crippen molar-refractivity contribution in [1.29, 1.82) is 0 Å². The van der Waals surface area contributed by atoms with Gasteiger partial charge in [0.15, 0.2) is 5.16 Å². The van der Waals surface area contributed by atoms with Crippen LogP contribution >= 0.6 is 34.4 Å². The van der Waals surface area contributed by atoms with Crippen LogP contribution in [0.3, 0.4) is 0 Å². The van der Waals surface area contributed by atoms with Gasteiger partial charge in [-0.3, -0.25) is 4.79 Å². The minimum Gasteiger partial charge on any atom is -0.333 e. The molecule has 0 aliphatic heterocycles. The Kier molecular flexibility index (Phi) is 3.80. The molecule has 3 nitrogen and oxygen atoms in total. The van der Waals surface area contributed by atoms with Crippen LogP contribution in [0.2, 0.25) is 0 Å². The van der Waals surface area contributed by atoms with Crippen molar-refractivity contribution in [3.05, 3.63) is 57.2 Å². The van der Waals surface area contributed by atoms with Crippen molar-refractivity contribution in [2.45, 2.75) is 12.1 Å². The van der Waals surface area contributed by atoms with Gasteiger partial charge in [0.25, 0.3) is 0 Å². The van der Waals surface area contributed by atoms with Crippen molar-refractivity contribution >= 4 is 50.5 Å². The van der Waals surface area contributed by atoms with Crippen LogP contribution in [0.4, 0.5) is 0 Å². The Hall–Kier alpha value is -1.34. The quantitative estimate of drug-likeness (QED) is 0.518. The molecule has 0 radical (unpaired) electrons. The fourth-order valence-corrected chi connectivity index (χ4v) is 2.98. The largest absolute Gasteiger partial charge is 0.333 e. The Morgan fingerprint density at radius 1 is 1.20 bits per heavy atom. The average molecular weight is 394 g/mol. The predicted octanol–water partition coefficient (Wildman–Crippen LogP) is 4.41. The van der Waals surface area contributed by atoms with Crippen LogP contribution in [0.25, 0.3) is 11.0 Å². The van der Waals surface area contributed by atoms with E-state index in [1.807, 2.05) is 49.4 Å². The minimum absolute atomic E-state index is 0.00261. The van der Waals surface area contributed by atoms with Crippen LogP contribution in [-0.4, -0.2) is 15.1 Å². The second-order valence-electron chi connectivity index (χ2n) is 4.46. The number of imidazole rings is 1. The smallest absolute Gasteiger partial charge is 0.227 e. The number of carbonyl (C=O) groups excluding carboxylic acids is 1. The number of aromatic nitrogens is 2. The molecule has 0 spiro atoms. The van der Waals surface area contributed by atoms with E-state index in [2.05, 4.69) is 32.6 Å². The number of aryl methyl sites for hydroxylation is 1. The molecule has 20 heavy (non-hydrogen) atoms. The highest BCUT2D eigenvalue weighted by atomic mass is 127. The van der Waals surface area contributed by atoms with Crippen LogP contribution in [0.1, 0.15) is 15.9 Å². The summed E-state index contributed by atoms with van der Waals surface area (Å²) < 4.78 is 1.11. The van der Waals surface area contributed by atoms with E-state index < -0.39 is 0 Å². The van der Waals surface area contributed by atoms with E-state index >= 15 is 0 Å². The van der Waals surface area contributed by atoms with E-state index in [0.29, 0.717) is 10.7 Å². The molecule has 0 unspecified atom stereocenters. The van der Waals surface area contributed by atoms with Crippen molar-refractivity contribution in [3.63, 3.8) is 0 Å². The summed E-state index contributed by atoms with van der Waals surface area (Å²) in [6.07, 6.45) is 0. The molecule has 100 valence electrons. The zero-order valence-electron chi connectivity index (χ0n) is 10.7. The fourth-order valence-electron chi connectivity index (χ4n) is 1.88. The molecule has 0 saturated heterocycles. The number of hydrogen-bond acceptors (Lipinski definition) is 3. The monoisotopic (exact) mass is 394 g/mol. The molecule has 5 heteroatoms.